The highest BCUT2D eigenvalue weighted by molar-refractivity contribution is 5.79. The van der Waals surface area contributed by atoms with Crippen molar-refractivity contribution in [2.24, 2.45) is 0 Å². The molecule has 7 nitrogen and oxygen atoms in total. The second kappa shape index (κ2) is 7.67. The number of alkyl halides is 3. The smallest absolute Gasteiger partial charge is 0.394 e. The van der Waals surface area contributed by atoms with Crippen molar-refractivity contribution in [3.8, 4) is 0 Å². The molecule has 10 heteroatoms. The molecule has 1 fully saturated rings. The van der Waals surface area contributed by atoms with Crippen molar-refractivity contribution in [3.63, 3.8) is 0 Å². The van der Waals surface area contributed by atoms with Gasteiger partial charge in [-0.1, -0.05) is 12.1 Å². The number of hydrogen-bond acceptors (Lipinski definition) is 6. The molecule has 0 saturated carbocycles. The van der Waals surface area contributed by atoms with Crippen LogP contribution in [-0.2, 0) is 22.1 Å². The van der Waals surface area contributed by atoms with Gasteiger partial charge in [0, 0.05) is 0 Å². The van der Waals surface area contributed by atoms with Gasteiger partial charge < -0.3 is 30.5 Å². The van der Waals surface area contributed by atoms with E-state index >= 15 is 0 Å². The van der Waals surface area contributed by atoms with E-state index in [9.17, 15) is 33.3 Å². The Morgan fingerprint density at radius 2 is 1.72 bits per heavy atom. The number of nitrogens with one attached hydrogen (secondary N) is 1. The third-order valence-electron chi connectivity index (χ3n) is 3.87. The van der Waals surface area contributed by atoms with Crippen molar-refractivity contribution in [2.75, 3.05) is 6.61 Å². The van der Waals surface area contributed by atoms with Crippen LogP contribution >= 0.6 is 0 Å². The number of rotatable bonds is 4. The lowest BCUT2D eigenvalue weighted by Gasteiger charge is -2.40. The highest BCUT2D eigenvalue weighted by Gasteiger charge is 2.44. The number of amides is 1. The number of carbonyl (C=O) groups is 1. The number of aliphatic hydroxyl groups is 4. The molecule has 5 atom stereocenters. The van der Waals surface area contributed by atoms with E-state index in [1.807, 2.05) is 0 Å². The van der Waals surface area contributed by atoms with Gasteiger partial charge in [-0.05, 0) is 17.7 Å². The molecule has 0 aromatic heterocycles. The second-order valence-electron chi connectivity index (χ2n) is 5.69. The average molecular weight is 365 g/mol. The van der Waals surface area contributed by atoms with Crippen LogP contribution in [0.2, 0.25) is 0 Å². The van der Waals surface area contributed by atoms with Gasteiger partial charge in [-0.15, -0.1) is 0 Å². The molecule has 140 valence electrons. The van der Waals surface area contributed by atoms with E-state index in [0.29, 0.717) is 5.56 Å². The molecule has 1 aromatic rings. The predicted molar refractivity (Wildman–Crippen MR) is 77.1 cm³/mol. The lowest BCUT2D eigenvalue weighted by Crippen LogP contribution is -2.64. The van der Waals surface area contributed by atoms with Crippen LogP contribution < -0.4 is 5.32 Å². The topological polar surface area (TPSA) is 119 Å². The summed E-state index contributed by atoms with van der Waals surface area (Å²) in [6.07, 6.45) is -10.7. The minimum Gasteiger partial charge on any atom is -0.394 e. The monoisotopic (exact) mass is 365 g/mol. The summed E-state index contributed by atoms with van der Waals surface area (Å²) in [5.74, 6) is -0.693. The van der Waals surface area contributed by atoms with Gasteiger partial charge in [0.15, 0.2) is 6.29 Å². The maximum absolute atomic E-state index is 12.5. The van der Waals surface area contributed by atoms with Gasteiger partial charge >= 0.3 is 6.18 Å². The highest BCUT2D eigenvalue weighted by Crippen LogP contribution is 2.29. The highest BCUT2D eigenvalue weighted by atomic mass is 19.4. The molecule has 1 amide bonds. The van der Waals surface area contributed by atoms with Gasteiger partial charge in [0.1, 0.15) is 24.4 Å². The number of carbonyl (C=O) groups excluding carboxylic acids is 1. The van der Waals surface area contributed by atoms with Crippen LogP contribution in [0.4, 0.5) is 13.2 Å². The van der Waals surface area contributed by atoms with Crippen LogP contribution in [0.25, 0.3) is 0 Å². The molecule has 0 bridgehead atoms. The Balaban J connectivity index is 1.98. The predicted octanol–water partition coefficient (Wildman–Crippen LogP) is -0.836. The summed E-state index contributed by atoms with van der Waals surface area (Å²) in [4.78, 5) is 12.0. The van der Waals surface area contributed by atoms with Gasteiger partial charge in [0.05, 0.1) is 18.6 Å². The fourth-order valence-corrected chi connectivity index (χ4v) is 2.49. The van der Waals surface area contributed by atoms with E-state index < -0.39 is 54.9 Å². The third-order valence-corrected chi connectivity index (χ3v) is 3.87. The van der Waals surface area contributed by atoms with E-state index in [1.165, 1.54) is 0 Å². The quantitative estimate of drug-likeness (QED) is 0.475. The van der Waals surface area contributed by atoms with Crippen molar-refractivity contribution < 1.29 is 43.1 Å². The number of hydrogen-bond donors (Lipinski definition) is 5. The summed E-state index contributed by atoms with van der Waals surface area (Å²) < 4.78 is 42.3. The molecular weight excluding hydrogens is 347 g/mol. The van der Waals surface area contributed by atoms with Crippen molar-refractivity contribution >= 4 is 5.91 Å². The normalized spacial score (nSPS) is 30.1. The summed E-state index contributed by atoms with van der Waals surface area (Å²) in [6, 6.07) is 2.61. The summed E-state index contributed by atoms with van der Waals surface area (Å²) in [5, 5.41) is 40.6. The standard InChI is InChI=1S/C15H18F3NO6/c16-15(17,18)8-3-1-7(2-4-8)5-10(21)19-11-13(23)12(22)9(6-20)25-14(11)24/h1-4,9,11-14,20,22-24H,5-6H2,(H,19,21)/t9-,11-,12-,13-,14-/m1/s1. The fourth-order valence-electron chi connectivity index (χ4n) is 2.49. The zero-order valence-corrected chi connectivity index (χ0v) is 12.8. The molecule has 1 aliphatic rings. The Kier molecular flexibility index (Phi) is 6.01. The molecule has 0 radical (unpaired) electrons. The van der Waals surface area contributed by atoms with Crippen LogP contribution in [0.3, 0.4) is 0 Å². The van der Waals surface area contributed by atoms with Crippen LogP contribution in [0.15, 0.2) is 24.3 Å². The van der Waals surface area contributed by atoms with Crippen molar-refractivity contribution in [1.29, 1.82) is 0 Å². The fraction of sp³-hybridized carbons (Fsp3) is 0.533. The molecule has 1 aromatic carbocycles. The molecule has 1 saturated heterocycles. The van der Waals surface area contributed by atoms with Crippen LogP contribution in [0, 0.1) is 0 Å². The first-order chi connectivity index (χ1) is 11.6. The Morgan fingerprint density at radius 1 is 1.12 bits per heavy atom. The summed E-state index contributed by atoms with van der Waals surface area (Å²) >= 11 is 0. The van der Waals surface area contributed by atoms with E-state index in [2.05, 4.69) is 5.32 Å². The molecule has 0 spiro atoms. The SMILES string of the molecule is O=C(Cc1ccc(C(F)(F)F)cc1)N[C@@H]1[C@@H](O)[C@H](O)[C@@H](CO)O[C@H]1O. The van der Waals surface area contributed by atoms with Gasteiger partial charge in [0.25, 0.3) is 0 Å². The first kappa shape index (κ1) is 19.6. The zero-order valence-electron chi connectivity index (χ0n) is 12.8. The first-order valence-corrected chi connectivity index (χ1v) is 7.39. The lowest BCUT2D eigenvalue weighted by molar-refractivity contribution is -0.253. The number of ether oxygens (including phenoxy) is 1. The number of aliphatic hydroxyl groups excluding tert-OH is 4. The molecule has 0 unspecified atom stereocenters. The van der Waals surface area contributed by atoms with Crippen LogP contribution in [0.1, 0.15) is 11.1 Å². The first-order valence-electron chi connectivity index (χ1n) is 7.39. The Bertz CT molecular complexity index is 594. The second-order valence-corrected chi connectivity index (χ2v) is 5.69. The van der Waals surface area contributed by atoms with Crippen LogP contribution in [0.5, 0.6) is 0 Å². The molecule has 25 heavy (non-hydrogen) atoms. The van der Waals surface area contributed by atoms with Crippen molar-refractivity contribution in [1.82, 2.24) is 5.32 Å². The zero-order chi connectivity index (χ0) is 18.8. The molecule has 1 aliphatic heterocycles. The summed E-state index contributed by atoms with van der Waals surface area (Å²) in [6.45, 7) is -0.637. The maximum atomic E-state index is 12.5. The van der Waals surface area contributed by atoms with E-state index in [0.717, 1.165) is 24.3 Å². The van der Waals surface area contributed by atoms with E-state index in [4.69, 9.17) is 9.84 Å². The Hall–Kier alpha value is -1.72. The summed E-state index contributed by atoms with van der Waals surface area (Å²) in [7, 11) is 0. The van der Waals surface area contributed by atoms with Gasteiger partial charge in [-0.2, -0.15) is 13.2 Å². The molecule has 0 aliphatic carbocycles. The largest absolute Gasteiger partial charge is 0.416 e. The Morgan fingerprint density at radius 3 is 2.24 bits per heavy atom. The molecule has 1 heterocycles. The minimum absolute atomic E-state index is 0.292. The van der Waals surface area contributed by atoms with Crippen molar-refractivity contribution in [2.45, 2.75) is 43.2 Å². The maximum Gasteiger partial charge on any atom is 0.416 e. The minimum atomic E-state index is -4.48. The number of benzene rings is 1. The van der Waals surface area contributed by atoms with E-state index in [-0.39, 0.29) is 6.42 Å². The van der Waals surface area contributed by atoms with Gasteiger partial charge in [-0.25, -0.2) is 0 Å². The van der Waals surface area contributed by atoms with E-state index in [1.54, 1.807) is 0 Å². The molecular formula is C15H18F3NO6. The van der Waals surface area contributed by atoms with Crippen LogP contribution in [-0.4, -0.2) is 63.6 Å². The lowest BCUT2D eigenvalue weighted by atomic mass is 9.97. The molecule has 2 rings (SSSR count). The molecule has 5 N–H and O–H groups in total. The number of halogens is 3. The van der Waals surface area contributed by atoms with Gasteiger partial charge in [-0.3, -0.25) is 4.79 Å². The Labute approximate surface area is 140 Å². The van der Waals surface area contributed by atoms with Crippen molar-refractivity contribution in [3.05, 3.63) is 35.4 Å². The average Bonchev–Trinajstić information content (AvgIpc) is 2.54. The third kappa shape index (κ3) is 4.67. The van der Waals surface area contributed by atoms with Gasteiger partial charge in [0.2, 0.25) is 5.91 Å². The summed E-state index contributed by atoms with van der Waals surface area (Å²) in [5.41, 5.74) is -0.554.